The Labute approximate surface area is 130 Å². The highest BCUT2D eigenvalue weighted by molar-refractivity contribution is 6.07. The van der Waals surface area contributed by atoms with Gasteiger partial charge in [0.05, 0.1) is 32.9 Å². The average Bonchev–Trinajstić information content (AvgIpc) is 2.72. The summed E-state index contributed by atoms with van der Waals surface area (Å²) in [5.41, 5.74) is 3.32. The molecule has 0 aliphatic carbocycles. The standard InChI is InChI=1S/C17H21NO4/c1-5-14-13-9-16(21-4)15(20-3)8-11(13)7-12(10-18-14)17(19)22-6-2/h7-9H,5-6,10H2,1-4H3. The first-order chi connectivity index (χ1) is 10.6. The molecule has 0 N–H and O–H groups in total. The molecule has 1 aliphatic rings. The van der Waals surface area contributed by atoms with E-state index in [1.165, 1.54) is 0 Å². The Morgan fingerprint density at radius 2 is 1.86 bits per heavy atom. The van der Waals surface area contributed by atoms with Gasteiger partial charge in [-0.25, -0.2) is 4.79 Å². The van der Waals surface area contributed by atoms with Crippen LogP contribution in [0.5, 0.6) is 11.5 Å². The Bertz CT molecular complexity index is 632. The highest BCUT2D eigenvalue weighted by Gasteiger charge is 2.19. The minimum atomic E-state index is -0.329. The van der Waals surface area contributed by atoms with E-state index in [9.17, 15) is 4.79 Å². The number of carbonyl (C=O) groups excluding carboxylic acids is 1. The van der Waals surface area contributed by atoms with Crippen LogP contribution in [0.4, 0.5) is 0 Å². The molecule has 0 amide bonds. The van der Waals surface area contributed by atoms with Crippen LogP contribution < -0.4 is 9.47 Å². The molecule has 22 heavy (non-hydrogen) atoms. The monoisotopic (exact) mass is 303 g/mol. The van der Waals surface area contributed by atoms with Crippen molar-refractivity contribution in [2.75, 3.05) is 27.4 Å². The minimum Gasteiger partial charge on any atom is -0.493 e. The van der Waals surface area contributed by atoms with Crippen molar-refractivity contribution in [1.82, 2.24) is 0 Å². The van der Waals surface area contributed by atoms with E-state index in [1.807, 2.05) is 25.1 Å². The number of ether oxygens (including phenoxy) is 3. The lowest BCUT2D eigenvalue weighted by molar-refractivity contribution is -0.138. The highest BCUT2D eigenvalue weighted by atomic mass is 16.5. The van der Waals surface area contributed by atoms with Gasteiger partial charge < -0.3 is 14.2 Å². The predicted molar refractivity (Wildman–Crippen MR) is 85.9 cm³/mol. The van der Waals surface area contributed by atoms with Gasteiger partial charge in [0.2, 0.25) is 0 Å². The first kappa shape index (κ1) is 16.1. The summed E-state index contributed by atoms with van der Waals surface area (Å²) < 4.78 is 15.8. The van der Waals surface area contributed by atoms with Crippen molar-refractivity contribution in [1.29, 1.82) is 0 Å². The van der Waals surface area contributed by atoms with Crippen LogP contribution in [0.25, 0.3) is 6.08 Å². The van der Waals surface area contributed by atoms with E-state index in [1.54, 1.807) is 21.1 Å². The van der Waals surface area contributed by atoms with Crippen molar-refractivity contribution < 1.29 is 19.0 Å². The van der Waals surface area contributed by atoms with Crippen LogP contribution in [0.2, 0.25) is 0 Å². The fourth-order valence-electron chi connectivity index (χ4n) is 2.41. The minimum absolute atomic E-state index is 0.321. The molecule has 0 saturated carbocycles. The van der Waals surface area contributed by atoms with Crippen LogP contribution in [0.1, 0.15) is 31.4 Å². The van der Waals surface area contributed by atoms with Gasteiger partial charge in [-0.3, -0.25) is 4.99 Å². The number of hydrogen-bond acceptors (Lipinski definition) is 5. The van der Waals surface area contributed by atoms with E-state index in [-0.39, 0.29) is 5.97 Å². The maximum Gasteiger partial charge on any atom is 0.335 e. The summed E-state index contributed by atoms with van der Waals surface area (Å²) in [4.78, 5) is 16.6. The smallest absolute Gasteiger partial charge is 0.335 e. The van der Waals surface area contributed by atoms with Crippen LogP contribution >= 0.6 is 0 Å². The summed E-state index contributed by atoms with van der Waals surface area (Å²) in [6.45, 7) is 4.49. The van der Waals surface area contributed by atoms with Gasteiger partial charge in [-0.05, 0) is 37.1 Å². The molecular formula is C17H21NO4. The van der Waals surface area contributed by atoms with Crippen LogP contribution in [0, 0.1) is 0 Å². The van der Waals surface area contributed by atoms with Gasteiger partial charge in [0.1, 0.15) is 0 Å². The van der Waals surface area contributed by atoms with E-state index in [2.05, 4.69) is 4.99 Å². The summed E-state index contributed by atoms with van der Waals surface area (Å²) in [6.07, 6.45) is 2.59. The predicted octanol–water partition coefficient (Wildman–Crippen LogP) is 2.86. The summed E-state index contributed by atoms with van der Waals surface area (Å²) in [5, 5.41) is 0. The van der Waals surface area contributed by atoms with Gasteiger partial charge in [0, 0.05) is 11.3 Å². The maximum atomic E-state index is 12.0. The van der Waals surface area contributed by atoms with Gasteiger partial charge in [-0.2, -0.15) is 0 Å². The van der Waals surface area contributed by atoms with Crippen molar-refractivity contribution in [3.05, 3.63) is 28.8 Å². The molecule has 5 nitrogen and oxygen atoms in total. The van der Waals surface area contributed by atoms with Gasteiger partial charge in [-0.1, -0.05) is 6.92 Å². The van der Waals surface area contributed by atoms with Crippen molar-refractivity contribution in [2.45, 2.75) is 20.3 Å². The number of methoxy groups -OCH3 is 2. The first-order valence-corrected chi connectivity index (χ1v) is 7.31. The molecule has 5 heteroatoms. The third kappa shape index (κ3) is 3.13. The molecule has 0 saturated heterocycles. The zero-order valence-electron chi connectivity index (χ0n) is 13.4. The second-order valence-corrected chi connectivity index (χ2v) is 4.80. The quantitative estimate of drug-likeness (QED) is 0.785. The molecule has 118 valence electrons. The van der Waals surface area contributed by atoms with Crippen LogP contribution in [0.15, 0.2) is 22.7 Å². The first-order valence-electron chi connectivity index (χ1n) is 7.31. The number of esters is 1. The zero-order valence-corrected chi connectivity index (χ0v) is 13.4. The molecule has 0 fully saturated rings. The Hall–Kier alpha value is -2.30. The van der Waals surface area contributed by atoms with Crippen molar-refractivity contribution in [3.8, 4) is 11.5 Å². The van der Waals surface area contributed by atoms with Crippen LogP contribution in [-0.2, 0) is 9.53 Å². The van der Waals surface area contributed by atoms with Gasteiger partial charge >= 0.3 is 5.97 Å². The number of aliphatic imine (C=N–C) groups is 1. The lowest BCUT2D eigenvalue weighted by atomic mass is 9.99. The summed E-state index contributed by atoms with van der Waals surface area (Å²) >= 11 is 0. The summed E-state index contributed by atoms with van der Waals surface area (Å²) in [6, 6.07) is 3.77. The van der Waals surface area contributed by atoms with Crippen molar-refractivity contribution in [3.63, 3.8) is 0 Å². The SMILES string of the molecule is CCOC(=O)C1=Cc2cc(OC)c(OC)cc2C(CC)=NC1. The molecular weight excluding hydrogens is 282 g/mol. The molecule has 1 aromatic carbocycles. The molecule has 1 heterocycles. The number of nitrogens with zero attached hydrogens (tertiary/aromatic N) is 1. The Morgan fingerprint density at radius 3 is 2.45 bits per heavy atom. The number of carbonyl (C=O) groups is 1. The molecule has 0 radical (unpaired) electrons. The molecule has 1 aliphatic heterocycles. The molecule has 0 bridgehead atoms. The zero-order chi connectivity index (χ0) is 16.1. The normalized spacial score (nSPS) is 13.5. The molecule has 0 atom stereocenters. The summed E-state index contributed by atoms with van der Waals surface area (Å²) in [7, 11) is 3.19. The highest BCUT2D eigenvalue weighted by Crippen LogP contribution is 2.33. The number of benzene rings is 1. The third-order valence-electron chi connectivity index (χ3n) is 3.51. The maximum absolute atomic E-state index is 12.0. The lowest BCUT2D eigenvalue weighted by Gasteiger charge is -2.13. The molecule has 0 unspecified atom stereocenters. The van der Waals surface area contributed by atoms with Crippen LogP contribution in [0.3, 0.4) is 0 Å². The molecule has 0 spiro atoms. The largest absolute Gasteiger partial charge is 0.493 e. The van der Waals surface area contributed by atoms with Gasteiger partial charge in [-0.15, -0.1) is 0 Å². The number of fused-ring (bicyclic) bond motifs is 1. The summed E-state index contributed by atoms with van der Waals surface area (Å²) in [5.74, 6) is 0.942. The van der Waals surface area contributed by atoms with E-state index in [0.717, 1.165) is 23.3 Å². The Kier molecular flexibility index (Phi) is 5.20. The Morgan fingerprint density at radius 1 is 1.18 bits per heavy atom. The molecule has 1 aromatic rings. The topological polar surface area (TPSA) is 57.1 Å². The second-order valence-electron chi connectivity index (χ2n) is 4.80. The molecule has 2 rings (SSSR count). The fourth-order valence-corrected chi connectivity index (χ4v) is 2.41. The van der Waals surface area contributed by atoms with Crippen molar-refractivity contribution in [2.24, 2.45) is 4.99 Å². The average molecular weight is 303 g/mol. The Balaban J connectivity index is 2.57. The lowest BCUT2D eigenvalue weighted by Crippen LogP contribution is -2.09. The van der Waals surface area contributed by atoms with Crippen LogP contribution in [-0.4, -0.2) is 39.1 Å². The molecule has 0 aromatic heterocycles. The third-order valence-corrected chi connectivity index (χ3v) is 3.51. The number of rotatable bonds is 5. The number of hydrogen-bond donors (Lipinski definition) is 0. The van der Waals surface area contributed by atoms with E-state index >= 15 is 0 Å². The van der Waals surface area contributed by atoms with E-state index in [0.29, 0.717) is 30.2 Å². The van der Waals surface area contributed by atoms with Gasteiger partial charge in [0.15, 0.2) is 11.5 Å². The fraction of sp³-hybridized carbons (Fsp3) is 0.412. The second kappa shape index (κ2) is 7.11. The van der Waals surface area contributed by atoms with E-state index < -0.39 is 0 Å². The van der Waals surface area contributed by atoms with Gasteiger partial charge in [0.25, 0.3) is 0 Å². The van der Waals surface area contributed by atoms with Crippen molar-refractivity contribution >= 4 is 17.8 Å². The van der Waals surface area contributed by atoms with E-state index in [4.69, 9.17) is 14.2 Å².